The number of rotatable bonds is 4. The van der Waals surface area contributed by atoms with Crippen LogP contribution >= 0.6 is 0 Å². The number of carbonyl (C=O) groups is 1. The quantitative estimate of drug-likeness (QED) is 0.896. The fraction of sp³-hybridized carbons (Fsp3) is 0.500. The molecule has 0 aliphatic carbocycles. The van der Waals surface area contributed by atoms with E-state index in [-0.39, 0.29) is 17.4 Å². The maximum atomic E-state index is 11.9. The second-order valence-electron chi connectivity index (χ2n) is 5.30. The van der Waals surface area contributed by atoms with Gasteiger partial charge in [0, 0.05) is 13.1 Å². The van der Waals surface area contributed by atoms with E-state index in [4.69, 9.17) is 9.88 Å². The monoisotopic (exact) mass is 312 g/mol. The van der Waals surface area contributed by atoms with Gasteiger partial charge in [0.2, 0.25) is 10.0 Å². The third kappa shape index (κ3) is 3.74. The first-order valence-electron chi connectivity index (χ1n) is 6.83. The molecule has 1 amide bonds. The largest absolute Gasteiger partial charge is 0.483 e. The minimum Gasteiger partial charge on any atom is -0.483 e. The van der Waals surface area contributed by atoms with Crippen LogP contribution in [0, 0.1) is 13.8 Å². The van der Waals surface area contributed by atoms with Gasteiger partial charge in [-0.2, -0.15) is 0 Å². The summed E-state index contributed by atoms with van der Waals surface area (Å²) in [6.45, 7) is 4.90. The Morgan fingerprint density at radius 1 is 1.24 bits per heavy atom. The summed E-state index contributed by atoms with van der Waals surface area (Å²) in [6.07, 6.45) is 2.07. The molecule has 1 heterocycles. The molecule has 2 rings (SSSR count). The van der Waals surface area contributed by atoms with E-state index in [0.717, 1.165) is 25.9 Å². The maximum absolute atomic E-state index is 11.9. The van der Waals surface area contributed by atoms with Crippen LogP contribution in [-0.2, 0) is 14.8 Å². The number of hydrogen-bond donors (Lipinski definition) is 1. The van der Waals surface area contributed by atoms with Crippen molar-refractivity contribution in [2.24, 2.45) is 5.14 Å². The van der Waals surface area contributed by atoms with E-state index >= 15 is 0 Å². The molecule has 0 aromatic heterocycles. The summed E-state index contributed by atoms with van der Waals surface area (Å²) < 4.78 is 28.4. The molecular formula is C14H20N2O4S. The number of amides is 1. The SMILES string of the molecule is Cc1cc(S(N)(=O)=O)c(C)cc1OCC(=O)N1CCCC1. The zero-order valence-electron chi connectivity index (χ0n) is 12.3. The second-order valence-corrected chi connectivity index (χ2v) is 6.83. The van der Waals surface area contributed by atoms with Crippen LogP contribution in [0.25, 0.3) is 0 Å². The van der Waals surface area contributed by atoms with Crippen molar-refractivity contribution in [3.05, 3.63) is 23.3 Å². The second kappa shape index (κ2) is 6.03. The predicted octanol–water partition coefficient (Wildman–Crippen LogP) is 0.952. The average molecular weight is 312 g/mol. The summed E-state index contributed by atoms with van der Waals surface area (Å²) in [5.41, 5.74) is 1.14. The van der Waals surface area contributed by atoms with E-state index in [2.05, 4.69) is 0 Å². The Morgan fingerprint density at radius 3 is 2.43 bits per heavy atom. The van der Waals surface area contributed by atoms with E-state index in [0.29, 0.717) is 16.9 Å². The van der Waals surface area contributed by atoms with Gasteiger partial charge in [0.1, 0.15) is 5.75 Å². The van der Waals surface area contributed by atoms with Gasteiger partial charge in [-0.15, -0.1) is 0 Å². The summed E-state index contributed by atoms with van der Waals surface area (Å²) in [4.78, 5) is 13.8. The van der Waals surface area contributed by atoms with Crippen LogP contribution in [0.1, 0.15) is 24.0 Å². The van der Waals surface area contributed by atoms with E-state index in [1.54, 1.807) is 24.8 Å². The Kier molecular flexibility index (Phi) is 4.53. The number of hydrogen-bond acceptors (Lipinski definition) is 4. The Balaban J connectivity index is 2.10. The summed E-state index contributed by atoms with van der Waals surface area (Å²) in [6, 6.07) is 3.08. The fourth-order valence-corrected chi connectivity index (χ4v) is 3.27. The van der Waals surface area contributed by atoms with Crippen molar-refractivity contribution in [3.8, 4) is 5.75 Å². The number of benzene rings is 1. The smallest absolute Gasteiger partial charge is 0.260 e. The Morgan fingerprint density at radius 2 is 1.86 bits per heavy atom. The lowest BCUT2D eigenvalue weighted by Gasteiger charge is -2.17. The molecule has 0 atom stereocenters. The molecule has 1 fully saturated rings. The van der Waals surface area contributed by atoms with Gasteiger partial charge >= 0.3 is 0 Å². The number of nitrogens with two attached hydrogens (primary N) is 1. The first kappa shape index (κ1) is 15.8. The van der Waals surface area contributed by atoms with Gasteiger partial charge in [-0.3, -0.25) is 4.79 Å². The van der Waals surface area contributed by atoms with Crippen molar-refractivity contribution < 1.29 is 17.9 Å². The maximum Gasteiger partial charge on any atom is 0.260 e. The van der Waals surface area contributed by atoms with Crippen LogP contribution in [0.2, 0.25) is 0 Å². The number of aryl methyl sites for hydroxylation is 2. The summed E-state index contributed by atoms with van der Waals surface area (Å²) >= 11 is 0. The first-order valence-corrected chi connectivity index (χ1v) is 8.38. The summed E-state index contributed by atoms with van der Waals surface area (Å²) in [7, 11) is -3.75. The standard InChI is InChI=1S/C14H20N2O4S/c1-10-8-13(21(15,18)19)11(2)7-12(10)20-9-14(17)16-5-3-4-6-16/h7-8H,3-6,9H2,1-2H3,(H2,15,18,19). The van der Waals surface area contributed by atoms with Gasteiger partial charge in [-0.25, -0.2) is 13.6 Å². The van der Waals surface area contributed by atoms with Crippen LogP contribution in [0.4, 0.5) is 0 Å². The van der Waals surface area contributed by atoms with Crippen LogP contribution in [0.5, 0.6) is 5.75 Å². The highest BCUT2D eigenvalue weighted by molar-refractivity contribution is 7.89. The molecule has 1 saturated heterocycles. The first-order chi connectivity index (χ1) is 9.79. The molecule has 2 N–H and O–H groups in total. The van der Waals surface area contributed by atoms with Crippen molar-refractivity contribution in [2.75, 3.05) is 19.7 Å². The average Bonchev–Trinajstić information content (AvgIpc) is 2.91. The highest BCUT2D eigenvalue weighted by atomic mass is 32.2. The number of carbonyl (C=O) groups excluding carboxylic acids is 1. The minimum atomic E-state index is -3.75. The minimum absolute atomic E-state index is 0.0327. The number of ether oxygens (including phenoxy) is 1. The van der Waals surface area contributed by atoms with Crippen molar-refractivity contribution in [1.29, 1.82) is 0 Å². The third-order valence-corrected chi connectivity index (χ3v) is 4.64. The van der Waals surface area contributed by atoms with Crippen LogP contribution in [0.3, 0.4) is 0 Å². The third-order valence-electron chi connectivity index (χ3n) is 3.59. The molecule has 0 bridgehead atoms. The molecule has 1 aromatic carbocycles. The van der Waals surface area contributed by atoms with Crippen molar-refractivity contribution in [2.45, 2.75) is 31.6 Å². The lowest BCUT2D eigenvalue weighted by atomic mass is 10.1. The van der Waals surface area contributed by atoms with Gasteiger partial charge in [-0.05, 0) is 49.9 Å². The normalized spacial score (nSPS) is 15.3. The van der Waals surface area contributed by atoms with E-state index in [1.807, 2.05) is 0 Å². The van der Waals surface area contributed by atoms with Crippen molar-refractivity contribution in [1.82, 2.24) is 4.90 Å². The summed E-state index contributed by atoms with van der Waals surface area (Å²) in [5, 5.41) is 5.15. The molecule has 0 unspecified atom stereocenters. The van der Waals surface area contributed by atoms with Gasteiger partial charge in [0.15, 0.2) is 6.61 Å². The molecule has 1 aliphatic heterocycles. The number of sulfonamides is 1. The number of primary sulfonamides is 1. The van der Waals surface area contributed by atoms with E-state index in [1.165, 1.54) is 6.07 Å². The number of nitrogens with zero attached hydrogens (tertiary/aromatic N) is 1. The topological polar surface area (TPSA) is 89.7 Å². The van der Waals surface area contributed by atoms with E-state index < -0.39 is 10.0 Å². The molecular weight excluding hydrogens is 292 g/mol. The van der Waals surface area contributed by atoms with Crippen molar-refractivity contribution in [3.63, 3.8) is 0 Å². The fourth-order valence-electron chi connectivity index (χ4n) is 2.42. The van der Waals surface area contributed by atoms with E-state index in [9.17, 15) is 13.2 Å². The van der Waals surface area contributed by atoms with Crippen LogP contribution in [0.15, 0.2) is 17.0 Å². The highest BCUT2D eigenvalue weighted by Gasteiger charge is 2.19. The predicted molar refractivity (Wildman–Crippen MR) is 78.6 cm³/mol. The zero-order valence-corrected chi connectivity index (χ0v) is 13.1. The number of likely N-dealkylation sites (tertiary alicyclic amines) is 1. The molecule has 0 saturated carbocycles. The van der Waals surface area contributed by atoms with Crippen molar-refractivity contribution >= 4 is 15.9 Å². The molecule has 7 heteroatoms. The van der Waals surface area contributed by atoms with Gasteiger partial charge in [0.05, 0.1) is 4.90 Å². The van der Waals surface area contributed by atoms with Gasteiger partial charge < -0.3 is 9.64 Å². The molecule has 21 heavy (non-hydrogen) atoms. The highest BCUT2D eigenvalue weighted by Crippen LogP contribution is 2.25. The van der Waals surface area contributed by atoms with Gasteiger partial charge in [-0.1, -0.05) is 0 Å². The summed E-state index contributed by atoms with van der Waals surface area (Å²) in [5.74, 6) is 0.465. The Labute approximate surface area is 124 Å². The lowest BCUT2D eigenvalue weighted by molar-refractivity contribution is -0.132. The molecule has 0 radical (unpaired) electrons. The Bertz CT molecular complexity index is 649. The molecule has 116 valence electrons. The Hall–Kier alpha value is -1.60. The molecule has 1 aliphatic rings. The van der Waals surface area contributed by atoms with Gasteiger partial charge in [0.25, 0.3) is 5.91 Å². The van der Waals surface area contributed by atoms with Crippen LogP contribution < -0.4 is 9.88 Å². The molecule has 0 spiro atoms. The lowest BCUT2D eigenvalue weighted by Crippen LogP contribution is -2.32. The molecule has 6 nitrogen and oxygen atoms in total. The molecule has 1 aromatic rings. The zero-order chi connectivity index (χ0) is 15.6. The van der Waals surface area contributed by atoms with Crippen LogP contribution in [-0.4, -0.2) is 38.9 Å².